The van der Waals surface area contributed by atoms with E-state index in [1.165, 1.54) is 0 Å². The number of hydrogen-bond donors (Lipinski definition) is 2. The van der Waals surface area contributed by atoms with E-state index in [1.807, 2.05) is 6.26 Å². The highest BCUT2D eigenvalue weighted by Gasteiger charge is 2.26. The van der Waals surface area contributed by atoms with Gasteiger partial charge in [-0.1, -0.05) is 32.4 Å². The largest absolute Gasteiger partial charge is 0.365 e. The molecule has 0 spiro atoms. The van der Waals surface area contributed by atoms with Gasteiger partial charge >= 0.3 is 0 Å². The van der Waals surface area contributed by atoms with Gasteiger partial charge in [-0.25, -0.2) is 9.38 Å². The van der Waals surface area contributed by atoms with E-state index in [9.17, 15) is 4.39 Å². The Morgan fingerprint density at radius 1 is 1.65 bits per heavy atom. The molecular weight excluding hydrogens is 261 g/mol. The molecular formula is C11H19ClFN3S. The zero-order valence-corrected chi connectivity index (χ0v) is 12.1. The predicted molar refractivity (Wildman–Crippen MR) is 74.2 cm³/mol. The molecule has 2 atom stereocenters. The smallest absolute Gasteiger partial charge is 0.196 e. The Kier molecular flexibility index (Phi) is 5.13. The predicted octanol–water partition coefficient (Wildman–Crippen LogP) is 2.69. The van der Waals surface area contributed by atoms with Crippen LogP contribution in [0.15, 0.2) is 16.6 Å². The molecule has 0 fully saturated rings. The third kappa shape index (κ3) is 4.39. The fraction of sp³-hybridized carbons (Fsp3) is 0.727. The first-order valence-electron chi connectivity index (χ1n) is 5.43. The summed E-state index contributed by atoms with van der Waals surface area (Å²) >= 11 is 7.52. The van der Waals surface area contributed by atoms with Crippen molar-refractivity contribution in [3.8, 4) is 0 Å². The monoisotopic (exact) mass is 279 g/mol. The number of thioether (sulfide) groups is 1. The SMILES string of the molecule is CSC[C@@H](NC1=C(F)C=NC(Cl)N1)C(C)(C)C. The molecule has 0 aromatic carbocycles. The van der Waals surface area contributed by atoms with Crippen LogP contribution in [0.3, 0.4) is 0 Å². The molecule has 2 N–H and O–H groups in total. The fourth-order valence-electron chi connectivity index (χ4n) is 1.38. The number of hydrogen-bond acceptors (Lipinski definition) is 4. The molecule has 0 radical (unpaired) electrons. The van der Waals surface area contributed by atoms with Gasteiger partial charge in [0.05, 0.1) is 6.21 Å². The average molecular weight is 280 g/mol. The summed E-state index contributed by atoms with van der Waals surface area (Å²) in [5.74, 6) is 0.817. The molecule has 3 nitrogen and oxygen atoms in total. The minimum Gasteiger partial charge on any atom is -0.365 e. The Morgan fingerprint density at radius 2 is 2.29 bits per heavy atom. The van der Waals surface area contributed by atoms with Crippen molar-refractivity contribution in [1.82, 2.24) is 10.6 Å². The van der Waals surface area contributed by atoms with Crippen LogP contribution in [0.1, 0.15) is 20.8 Å². The van der Waals surface area contributed by atoms with E-state index in [4.69, 9.17) is 11.6 Å². The molecule has 1 unspecified atom stereocenters. The summed E-state index contributed by atoms with van der Waals surface area (Å²) in [6, 6.07) is 0.154. The van der Waals surface area contributed by atoms with Crippen LogP contribution < -0.4 is 10.6 Å². The van der Waals surface area contributed by atoms with Crippen LogP contribution in [-0.2, 0) is 0 Å². The van der Waals surface area contributed by atoms with Gasteiger partial charge in [-0.3, -0.25) is 0 Å². The molecule has 0 aromatic rings. The van der Waals surface area contributed by atoms with Crippen LogP contribution in [-0.4, -0.2) is 29.9 Å². The van der Waals surface area contributed by atoms with Crippen LogP contribution in [0, 0.1) is 5.41 Å². The van der Waals surface area contributed by atoms with Gasteiger partial charge in [-0.2, -0.15) is 11.8 Å². The fourth-order valence-corrected chi connectivity index (χ4v) is 2.46. The first-order valence-corrected chi connectivity index (χ1v) is 7.26. The zero-order chi connectivity index (χ0) is 13.1. The molecule has 17 heavy (non-hydrogen) atoms. The van der Waals surface area contributed by atoms with Crippen LogP contribution in [0.5, 0.6) is 0 Å². The molecule has 0 saturated heterocycles. The number of halogens is 2. The first kappa shape index (κ1) is 14.6. The molecule has 1 heterocycles. The lowest BCUT2D eigenvalue weighted by Gasteiger charge is -2.33. The maximum atomic E-state index is 13.6. The summed E-state index contributed by atoms with van der Waals surface area (Å²) in [7, 11) is 0. The second-order valence-electron chi connectivity index (χ2n) is 5.00. The molecule has 6 heteroatoms. The standard InChI is InChI=1S/C11H19ClFN3S/c1-11(2,3)8(6-17-4)15-9-7(13)5-14-10(12)16-9/h5,8,10,15-16H,6H2,1-4H3/t8-,10?/m1/s1. The van der Waals surface area contributed by atoms with Crippen LogP contribution in [0.25, 0.3) is 0 Å². The lowest BCUT2D eigenvalue weighted by atomic mass is 9.88. The van der Waals surface area contributed by atoms with Crippen molar-refractivity contribution in [1.29, 1.82) is 0 Å². The quantitative estimate of drug-likeness (QED) is 0.614. The number of nitrogens with one attached hydrogen (secondary N) is 2. The maximum Gasteiger partial charge on any atom is 0.196 e. The van der Waals surface area contributed by atoms with Gasteiger partial charge in [-0.05, 0) is 11.7 Å². The number of allylic oxidation sites excluding steroid dienone is 1. The second-order valence-corrected chi connectivity index (χ2v) is 6.32. The Bertz CT molecular complexity index is 325. The molecule has 0 amide bonds. The van der Waals surface area contributed by atoms with Crippen molar-refractivity contribution in [2.24, 2.45) is 10.4 Å². The molecule has 0 aliphatic carbocycles. The Hall–Kier alpha value is -0.420. The Balaban J connectivity index is 2.76. The van der Waals surface area contributed by atoms with Gasteiger partial charge in [0.25, 0.3) is 0 Å². The maximum absolute atomic E-state index is 13.6. The Morgan fingerprint density at radius 3 is 2.82 bits per heavy atom. The summed E-state index contributed by atoms with van der Waals surface area (Å²) in [6.45, 7) is 6.36. The molecule has 1 rings (SSSR count). The van der Waals surface area contributed by atoms with Crippen LogP contribution in [0.4, 0.5) is 4.39 Å². The first-order chi connectivity index (χ1) is 7.84. The van der Waals surface area contributed by atoms with Crippen LogP contribution in [0.2, 0.25) is 0 Å². The highest BCUT2D eigenvalue weighted by atomic mass is 35.5. The molecule has 0 saturated carbocycles. The third-order valence-corrected chi connectivity index (χ3v) is 3.41. The van der Waals surface area contributed by atoms with Gasteiger partial charge in [-0.15, -0.1) is 0 Å². The van der Waals surface area contributed by atoms with E-state index in [-0.39, 0.29) is 11.5 Å². The van der Waals surface area contributed by atoms with Gasteiger partial charge < -0.3 is 10.6 Å². The lowest BCUT2D eigenvalue weighted by Crippen LogP contribution is -2.47. The van der Waals surface area contributed by atoms with E-state index in [0.717, 1.165) is 12.0 Å². The number of alkyl halides is 1. The van der Waals surface area contributed by atoms with Gasteiger partial charge in [0.15, 0.2) is 11.5 Å². The summed E-state index contributed by atoms with van der Waals surface area (Å²) < 4.78 is 13.6. The van der Waals surface area contributed by atoms with Crippen molar-refractivity contribution >= 4 is 29.6 Å². The minimum atomic E-state index is -0.605. The molecule has 1 aliphatic rings. The van der Waals surface area contributed by atoms with E-state index in [0.29, 0.717) is 5.82 Å². The number of rotatable bonds is 4. The highest BCUT2D eigenvalue weighted by Crippen LogP contribution is 2.23. The molecule has 98 valence electrons. The van der Waals surface area contributed by atoms with Gasteiger partial charge in [0.1, 0.15) is 5.82 Å². The highest BCUT2D eigenvalue weighted by molar-refractivity contribution is 7.98. The van der Waals surface area contributed by atoms with E-state index >= 15 is 0 Å². The molecule has 0 bridgehead atoms. The van der Waals surface area contributed by atoms with Gasteiger partial charge in [0.2, 0.25) is 0 Å². The average Bonchev–Trinajstić information content (AvgIpc) is 2.21. The lowest BCUT2D eigenvalue weighted by molar-refractivity contribution is 0.299. The Labute approximate surface area is 111 Å². The summed E-state index contributed by atoms with van der Waals surface area (Å²) in [4.78, 5) is 3.73. The molecule has 1 aliphatic heterocycles. The van der Waals surface area contributed by atoms with Crippen molar-refractivity contribution in [2.75, 3.05) is 12.0 Å². The van der Waals surface area contributed by atoms with Crippen LogP contribution >= 0.6 is 23.4 Å². The normalized spacial score (nSPS) is 22.4. The summed E-state index contributed by atoms with van der Waals surface area (Å²) in [6.07, 6.45) is 3.18. The van der Waals surface area contributed by atoms with Crippen molar-refractivity contribution < 1.29 is 4.39 Å². The van der Waals surface area contributed by atoms with Crippen molar-refractivity contribution in [3.05, 3.63) is 11.6 Å². The summed E-state index contributed by atoms with van der Waals surface area (Å²) in [5.41, 5.74) is -0.569. The van der Waals surface area contributed by atoms with Crippen molar-refractivity contribution in [3.63, 3.8) is 0 Å². The number of nitrogens with zero attached hydrogens (tertiary/aromatic N) is 1. The van der Waals surface area contributed by atoms with E-state index in [2.05, 4.69) is 36.4 Å². The minimum absolute atomic E-state index is 0.0361. The van der Waals surface area contributed by atoms with E-state index in [1.54, 1.807) is 11.8 Å². The van der Waals surface area contributed by atoms with E-state index < -0.39 is 11.5 Å². The third-order valence-electron chi connectivity index (χ3n) is 2.52. The van der Waals surface area contributed by atoms with Crippen molar-refractivity contribution in [2.45, 2.75) is 32.4 Å². The summed E-state index contributed by atoms with van der Waals surface area (Å²) in [5, 5.41) is 5.95. The molecule has 0 aromatic heterocycles. The number of aliphatic imine (C=N–C) groups is 1. The topological polar surface area (TPSA) is 36.4 Å². The second kappa shape index (κ2) is 5.96. The van der Waals surface area contributed by atoms with Gasteiger partial charge in [0, 0.05) is 11.8 Å². The zero-order valence-electron chi connectivity index (χ0n) is 10.6.